The van der Waals surface area contributed by atoms with Gasteiger partial charge in [-0.3, -0.25) is 0 Å². The summed E-state index contributed by atoms with van der Waals surface area (Å²) in [4.78, 5) is 0. The maximum atomic E-state index is 6.53. The molecule has 2 rings (SSSR count). The third-order valence-corrected chi connectivity index (χ3v) is 4.56. The molecule has 2 atom stereocenters. The van der Waals surface area contributed by atoms with Crippen LogP contribution in [0.4, 0.5) is 0 Å². The van der Waals surface area contributed by atoms with Crippen LogP contribution in [0.25, 0.3) is 0 Å². The lowest BCUT2D eigenvalue weighted by molar-refractivity contribution is 0.398. The van der Waals surface area contributed by atoms with Gasteiger partial charge >= 0.3 is 0 Å². The second-order valence-corrected chi connectivity index (χ2v) is 5.99. The van der Waals surface area contributed by atoms with E-state index in [4.69, 9.17) is 16.3 Å². The van der Waals surface area contributed by atoms with Crippen molar-refractivity contribution in [2.45, 2.75) is 50.8 Å². The zero-order chi connectivity index (χ0) is 13.0. The van der Waals surface area contributed by atoms with Gasteiger partial charge in [-0.25, -0.2) is 0 Å². The van der Waals surface area contributed by atoms with Gasteiger partial charge in [-0.05, 0) is 43.7 Å². The first kappa shape index (κ1) is 13.7. The van der Waals surface area contributed by atoms with Gasteiger partial charge in [0.05, 0.1) is 7.11 Å². The average Bonchev–Trinajstić information content (AvgIpc) is 2.55. The number of hydrogen-bond acceptors (Lipinski definition) is 1. The zero-order valence-electron chi connectivity index (χ0n) is 11.4. The zero-order valence-corrected chi connectivity index (χ0v) is 12.2. The molecule has 100 valence electrons. The van der Waals surface area contributed by atoms with Gasteiger partial charge in [-0.2, -0.15) is 0 Å². The molecule has 1 aromatic carbocycles. The minimum atomic E-state index is 0.331. The van der Waals surface area contributed by atoms with Gasteiger partial charge in [-0.1, -0.05) is 37.0 Å². The van der Waals surface area contributed by atoms with Crippen LogP contribution in [0, 0.1) is 12.8 Å². The van der Waals surface area contributed by atoms with Crippen LogP contribution in [-0.4, -0.2) is 12.5 Å². The maximum Gasteiger partial charge on any atom is 0.122 e. The van der Waals surface area contributed by atoms with E-state index in [1.54, 1.807) is 7.11 Å². The molecule has 0 aliphatic heterocycles. The van der Waals surface area contributed by atoms with Crippen molar-refractivity contribution in [3.05, 3.63) is 29.3 Å². The van der Waals surface area contributed by atoms with E-state index >= 15 is 0 Å². The van der Waals surface area contributed by atoms with Gasteiger partial charge in [0.25, 0.3) is 0 Å². The average molecular weight is 267 g/mol. The van der Waals surface area contributed by atoms with Crippen LogP contribution >= 0.6 is 11.6 Å². The fourth-order valence-corrected chi connectivity index (χ4v) is 3.29. The molecule has 2 heteroatoms. The Hall–Kier alpha value is -0.690. The van der Waals surface area contributed by atoms with Crippen molar-refractivity contribution in [1.29, 1.82) is 0 Å². The van der Waals surface area contributed by atoms with E-state index in [2.05, 4.69) is 25.1 Å². The molecule has 0 radical (unpaired) electrons. The molecule has 0 spiro atoms. The second-order valence-electron chi connectivity index (χ2n) is 5.43. The Morgan fingerprint density at radius 2 is 2.00 bits per heavy atom. The highest BCUT2D eigenvalue weighted by molar-refractivity contribution is 6.20. The van der Waals surface area contributed by atoms with E-state index < -0.39 is 0 Å². The number of benzene rings is 1. The summed E-state index contributed by atoms with van der Waals surface area (Å²) in [6.07, 6.45) is 7.42. The first-order valence-electron chi connectivity index (χ1n) is 6.98. The van der Waals surface area contributed by atoms with Gasteiger partial charge in [0.2, 0.25) is 0 Å². The molecule has 0 amide bonds. The van der Waals surface area contributed by atoms with Crippen LogP contribution in [-0.2, 0) is 6.42 Å². The third-order valence-electron chi connectivity index (χ3n) is 3.98. The van der Waals surface area contributed by atoms with Gasteiger partial charge in [-0.15, -0.1) is 11.6 Å². The van der Waals surface area contributed by atoms with Crippen molar-refractivity contribution in [2.75, 3.05) is 7.11 Å². The van der Waals surface area contributed by atoms with Crippen molar-refractivity contribution < 1.29 is 4.74 Å². The van der Waals surface area contributed by atoms with Crippen LogP contribution in [0.3, 0.4) is 0 Å². The lowest BCUT2D eigenvalue weighted by Crippen LogP contribution is -2.16. The number of methoxy groups -OCH3 is 1. The Bertz CT molecular complexity index is 389. The summed E-state index contributed by atoms with van der Waals surface area (Å²) >= 11 is 6.53. The highest BCUT2D eigenvalue weighted by atomic mass is 35.5. The van der Waals surface area contributed by atoms with E-state index in [0.717, 1.165) is 12.2 Å². The summed E-state index contributed by atoms with van der Waals surface area (Å²) in [6.45, 7) is 2.13. The van der Waals surface area contributed by atoms with Crippen molar-refractivity contribution in [2.24, 2.45) is 5.92 Å². The smallest absolute Gasteiger partial charge is 0.122 e. The Balaban J connectivity index is 2.13. The van der Waals surface area contributed by atoms with E-state index in [0.29, 0.717) is 11.3 Å². The number of ether oxygens (including phenoxy) is 1. The fraction of sp³-hybridized carbons (Fsp3) is 0.625. The standard InChI is InChI=1S/C16H23ClO/c1-12-8-9-16(18-2)14(10-12)11-13-6-4-3-5-7-15(13)17/h8-10,13,15H,3-7,11H2,1-2H3. The normalized spacial score (nSPS) is 24.6. The maximum absolute atomic E-state index is 6.53. The SMILES string of the molecule is COc1ccc(C)cc1CC1CCCCCC1Cl. The first-order chi connectivity index (χ1) is 8.70. The molecule has 0 aromatic heterocycles. The molecule has 1 aromatic rings. The van der Waals surface area contributed by atoms with Crippen LogP contribution in [0.1, 0.15) is 43.2 Å². The predicted octanol–water partition coefficient (Wildman–Crippen LogP) is 4.73. The minimum absolute atomic E-state index is 0.331. The van der Waals surface area contributed by atoms with Gasteiger partial charge in [0.15, 0.2) is 0 Å². The Morgan fingerprint density at radius 1 is 1.22 bits per heavy atom. The first-order valence-corrected chi connectivity index (χ1v) is 7.42. The molecule has 0 heterocycles. The van der Waals surface area contributed by atoms with E-state index in [1.807, 2.05) is 0 Å². The summed E-state index contributed by atoms with van der Waals surface area (Å²) in [6, 6.07) is 6.42. The molecule has 1 saturated carbocycles. The largest absolute Gasteiger partial charge is 0.496 e. The third kappa shape index (κ3) is 3.41. The van der Waals surface area contributed by atoms with E-state index in [1.165, 1.54) is 43.2 Å². The molecule has 18 heavy (non-hydrogen) atoms. The van der Waals surface area contributed by atoms with Gasteiger partial charge < -0.3 is 4.74 Å². The summed E-state index contributed by atoms with van der Waals surface area (Å²) in [7, 11) is 1.75. The molecule has 0 N–H and O–H groups in total. The summed E-state index contributed by atoms with van der Waals surface area (Å²) in [5, 5.41) is 0.331. The predicted molar refractivity (Wildman–Crippen MR) is 77.7 cm³/mol. The topological polar surface area (TPSA) is 9.23 Å². The number of aryl methyl sites for hydroxylation is 1. The number of halogens is 1. The second kappa shape index (κ2) is 6.47. The highest BCUT2D eigenvalue weighted by Gasteiger charge is 2.23. The van der Waals surface area contributed by atoms with Gasteiger partial charge in [0, 0.05) is 5.38 Å². The molecule has 0 bridgehead atoms. The van der Waals surface area contributed by atoms with Crippen LogP contribution < -0.4 is 4.74 Å². The lowest BCUT2D eigenvalue weighted by atomic mass is 9.91. The Labute approximate surface area is 115 Å². The highest BCUT2D eigenvalue weighted by Crippen LogP contribution is 2.32. The van der Waals surface area contributed by atoms with Crippen LogP contribution in [0.15, 0.2) is 18.2 Å². The molecular weight excluding hydrogens is 244 g/mol. The van der Waals surface area contributed by atoms with E-state index in [-0.39, 0.29) is 0 Å². The molecule has 1 aliphatic carbocycles. The number of hydrogen-bond donors (Lipinski definition) is 0. The van der Waals surface area contributed by atoms with Crippen molar-refractivity contribution in [3.63, 3.8) is 0 Å². The minimum Gasteiger partial charge on any atom is -0.496 e. The van der Waals surface area contributed by atoms with Crippen LogP contribution in [0.2, 0.25) is 0 Å². The summed E-state index contributed by atoms with van der Waals surface area (Å²) in [5.74, 6) is 1.61. The summed E-state index contributed by atoms with van der Waals surface area (Å²) < 4.78 is 5.47. The lowest BCUT2D eigenvalue weighted by Gasteiger charge is -2.21. The van der Waals surface area contributed by atoms with Gasteiger partial charge in [0.1, 0.15) is 5.75 Å². The molecule has 1 nitrogen and oxygen atoms in total. The number of rotatable bonds is 3. The van der Waals surface area contributed by atoms with Crippen molar-refractivity contribution in [1.82, 2.24) is 0 Å². The monoisotopic (exact) mass is 266 g/mol. The molecule has 1 fully saturated rings. The molecular formula is C16H23ClO. The Morgan fingerprint density at radius 3 is 2.78 bits per heavy atom. The fourth-order valence-electron chi connectivity index (χ4n) is 2.92. The Kier molecular flexibility index (Phi) is 4.94. The molecule has 0 saturated heterocycles. The molecule has 1 aliphatic rings. The van der Waals surface area contributed by atoms with Crippen molar-refractivity contribution >= 4 is 11.6 Å². The van der Waals surface area contributed by atoms with Crippen molar-refractivity contribution in [3.8, 4) is 5.75 Å². The quantitative estimate of drug-likeness (QED) is 0.567. The van der Waals surface area contributed by atoms with E-state index in [9.17, 15) is 0 Å². The molecule has 2 unspecified atom stereocenters. The summed E-state index contributed by atoms with van der Waals surface area (Å²) in [5.41, 5.74) is 2.61. The number of alkyl halides is 1. The van der Waals surface area contributed by atoms with Crippen LogP contribution in [0.5, 0.6) is 5.75 Å².